The van der Waals surface area contributed by atoms with Crippen molar-refractivity contribution in [1.29, 1.82) is 0 Å². The van der Waals surface area contributed by atoms with Gasteiger partial charge in [-0.2, -0.15) is 0 Å². The molecule has 1 amide bonds. The van der Waals surface area contributed by atoms with Crippen molar-refractivity contribution in [3.8, 4) is 0 Å². The second-order valence-corrected chi connectivity index (χ2v) is 24.2. The van der Waals surface area contributed by atoms with Crippen LogP contribution in [0.4, 0.5) is 0 Å². The normalized spacial score (nSPS) is 40.4. The summed E-state index contributed by atoms with van der Waals surface area (Å²) in [7, 11) is 0. The van der Waals surface area contributed by atoms with Crippen LogP contribution in [0.5, 0.6) is 0 Å². The van der Waals surface area contributed by atoms with Crippen molar-refractivity contribution < 1.29 is 39.5 Å². The second kappa shape index (κ2) is 20.8. The Morgan fingerprint density at radius 2 is 1.33 bits per heavy atom. The quantitative estimate of drug-likeness (QED) is 0.0435. The van der Waals surface area contributed by atoms with Crippen LogP contribution in [0.2, 0.25) is 0 Å². The van der Waals surface area contributed by atoms with E-state index in [0.29, 0.717) is 18.3 Å². The maximum Gasteiger partial charge on any atom is 0.310 e. The van der Waals surface area contributed by atoms with Crippen LogP contribution in [0.1, 0.15) is 222 Å². The molecule has 9 heteroatoms. The zero-order valence-corrected chi connectivity index (χ0v) is 41.3. The van der Waals surface area contributed by atoms with Crippen LogP contribution in [-0.4, -0.2) is 75.7 Å². The third-order valence-corrected chi connectivity index (χ3v) is 19.5. The summed E-state index contributed by atoms with van der Waals surface area (Å²) < 4.78 is 13.2. The highest BCUT2D eigenvalue weighted by Crippen LogP contribution is 2.76. The van der Waals surface area contributed by atoms with Gasteiger partial charge >= 0.3 is 5.97 Å². The van der Waals surface area contributed by atoms with Gasteiger partial charge in [0.15, 0.2) is 6.29 Å². The average Bonchev–Trinajstić information content (AvgIpc) is 3.22. The van der Waals surface area contributed by atoms with Crippen molar-refractivity contribution in [3.63, 3.8) is 0 Å². The third-order valence-electron chi connectivity index (χ3n) is 19.5. The number of aliphatic carboxylic acids is 1. The fourth-order valence-electron chi connectivity index (χ4n) is 15.3. The molecule has 4 saturated carbocycles. The summed E-state index contributed by atoms with van der Waals surface area (Å²) in [5.74, 6) is 0.110. The molecule has 362 valence electrons. The van der Waals surface area contributed by atoms with Crippen LogP contribution < -0.4 is 5.32 Å². The SMILES string of the molecule is CCCCCCCCCCCCCCCCCC(=O)N[C@H]1[C@H](O[C@H]2CC[C@]3(C)[C@H]4CC=C5[C@@H]6CC(C)(C)CC[C@]6(C(=O)O)CC[C@@]5(C)[C@]4(C)CC[C@H]3C2(C)C)O[C@H](CO)[C@@H](O)[C@@H]1O. The highest BCUT2D eigenvalue weighted by Gasteiger charge is 2.69. The predicted octanol–water partition coefficient (Wildman–Crippen LogP) is 11.4. The van der Waals surface area contributed by atoms with Crippen LogP contribution >= 0.6 is 0 Å². The fraction of sp³-hybridized carbons (Fsp3) is 0.926. The van der Waals surface area contributed by atoms with Crippen molar-refractivity contribution >= 4 is 11.9 Å². The number of carbonyl (C=O) groups excluding carboxylic acids is 1. The number of hydrogen-bond acceptors (Lipinski definition) is 7. The molecule has 0 bridgehead atoms. The Kier molecular flexibility index (Phi) is 16.8. The largest absolute Gasteiger partial charge is 0.481 e. The number of amides is 1. The number of carbonyl (C=O) groups is 2. The van der Waals surface area contributed by atoms with E-state index in [1.165, 1.54) is 82.6 Å². The molecular formula is C54H93NO8. The molecule has 5 fully saturated rings. The van der Waals surface area contributed by atoms with Crippen LogP contribution in [0, 0.1) is 50.2 Å². The monoisotopic (exact) mass is 884 g/mol. The molecule has 9 nitrogen and oxygen atoms in total. The lowest BCUT2D eigenvalue weighted by atomic mass is 9.33. The minimum atomic E-state index is -1.35. The van der Waals surface area contributed by atoms with Crippen LogP contribution in [0.3, 0.4) is 0 Å². The number of ether oxygens (including phenoxy) is 2. The van der Waals surface area contributed by atoms with E-state index in [2.05, 4.69) is 66.8 Å². The molecule has 5 N–H and O–H groups in total. The van der Waals surface area contributed by atoms with Crippen molar-refractivity contribution in [2.75, 3.05) is 6.61 Å². The summed E-state index contributed by atoms with van der Waals surface area (Å²) >= 11 is 0. The number of carboxylic acid groups (broad SMARTS) is 1. The van der Waals surface area contributed by atoms with Gasteiger partial charge in [0.2, 0.25) is 5.91 Å². The molecule has 1 heterocycles. The van der Waals surface area contributed by atoms with Gasteiger partial charge in [-0.25, -0.2) is 0 Å². The first-order valence-electron chi connectivity index (χ1n) is 26.3. The van der Waals surface area contributed by atoms with Crippen LogP contribution in [0.25, 0.3) is 0 Å². The smallest absolute Gasteiger partial charge is 0.310 e. The number of hydrogen-bond donors (Lipinski definition) is 5. The summed E-state index contributed by atoms with van der Waals surface area (Å²) in [6.07, 6.45) is 26.0. The van der Waals surface area contributed by atoms with E-state index in [-0.39, 0.29) is 45.0 Å². The maximum atomic E-state index is 13.4. The van der Waals surface area contributed by atoms with Gasteiger partial charge in [0.25, 0.3) is 0 Å². The standard InChI is InChI=1S/C54H93NO8/c1-9-10-11-12-13-14-15-16-17-18-19-20-21-22-23-24-43(57)55-44-46(59)45(58)39(36-56)62-47(44)63-42-28-29-51(6)40(50(42,4)5)27-30-53(8)41(51)26-25-37-38-35-49(2,3)31-33-54(38,48(60)61)34-32-52(37,53)7/h25,38-42,44-47,56,58-59H,9-24,26-36H2,1-8H3,(H,55,57)(H,60,61)/t38-,39+,40-,41+,42-,44+,45+,46+,47-,51-,52+,53+,54-/m0/s1. The van der Waals surface area contributed by atoms with Gasteiger partial charge in [-0.1, -0.05) is 157 Å². The average molecular weight is 884 g/mol. The Labute approximate surface area is 383 Å². The Balaban J connectivity index is 1.05. The molecule has 1 aliphatic heterocycles. The highest BCUT2D eigenvalue weighted by atomic mass is 16.7. The lowest BCUT2D eigenvalue weighted by molar-refractivity contribution is -0.306. The fourth-order valence-corrected chi connectivity index (χ4v) is 15.3. The van der Waals surface area contributed by atoms with E-state index in [9.17, 15) is 30.0 Å². The van der Waals surface area contributed by atoms with E-state index in [1.54, 1.807) is 0 Å². The molecule has 0 aromatic heterocycles. The number of carboxylic acids is 1. The van der Waals surface area contributed by atoms with Crippen molar-refractivity contribution in [3.05, 3.63) is 11.6 Å². The van der Waals surface area contributed by atoms with Crippen LogP contribution in [-0.2, 0) is 19.1 Å². The Morgan fingerprint density at radius 3 is 1.92 bits per heavy atom. The molecule has 6 rings (SSSR count). The van der Waals surface area contributed by atoms with Crippen molar-refractivity contribution in [2.45, 2.75) is 259 Å². The molecule has 0 aromatic carbocycles. The number of aliphatic hydroxyl groups excluding tert-OH is 3. The molecule has 1 saturated heterocycles. The van der Waals surface area contributed by atoms with Gasteiger partial charge in [-0.3, -0.25) is 9.59 Å². The maximum absolute atomic E-state index is 13.4. The zero-order chi connectivity index (χ0) is 45.8. The predicted molar refractivity (Wildman–Crippen MR) is 251 cm³/mol. The number of fused-ring (bicyclic) bond motifs is 7. The first-order valence-corrected chi connectivity index (χ1v) is 26.3. The lowest BCUT2D eigenvalue weighted by Crippen LogP contribution is -2.67. The molecular weight excluding hydrogens is 791 g/mol. The zero-order valence-electron chi connectivity index (χ0n) is 41.3. The minimum Gasteiger partial charge on any atom is -0.481 e. The van der Waals surface area contributed by atoms with E-state index in [4.69, 9.17) is 9.47 Å². The highest BCUT2D eigenvalue weighted by molar-refractivity contribution is 5.77. The molecule has 13 atom stereocenters. The minimum absolute atomic E-state index is 0.0339. The Bertz CT molecular complexity index is 1560. The lowest BCUT2D eigenvalue weighted by Gasteiger charge is -2.71. The summed E-state index contributed by atoms with van der Waals surface area (Å²) in [6.45, 7) is 18.7. The molecule has 6 aliphatic rings. The van der Waals surface area contributed by atoms with Gasteiger partial charge in [0, 0.05) is 6.42 Å². The van der Waals surface area contributed by atoms with Gasteiger partial charge in [0.1, 0.15) is 24.4 Å². The number of nitrogens with one attached hydrogen (secondary N) is 1. The Morgan fingerprint density at radius 1 is 0.746 bits per heavy atom. The summed E-state index contributed by atoms with van der Waals surface area (Å²) in [6, 6.07) is -0.957. The molecule has 0 spiro atoms. The summed E-state index contributed by atoms with van der Waals surface area (Å²) in [4.78, 5) is 26.5. The van der Waals surface area contributed by atoms with E-state index < -0.39 is 48.6 Å². The third kappa shape index (κ3) is 10.2. The first-order chi connectivity index (χ1) is 29.8. The van der Waals surface area contributed by atoms with Crippen LogP contribution in [0.15, 0.2) is 11.6 Å². The van der Waals surface area contributed by atoms with Gasteiger partial charge in [-0.15, -0.1) is 0 Å². The second-order valence-electron chi connectivity index (χ2n) is 24.2. The van der Waals surface area contributed by atoms with Crippen molar-refractivity contribution in [1.82, 2.24) is 5.32 Å². The number of unbranched alkanes of at least 4 members (excludes halogenated alkanes) is 14. The first kappa shape index (κ1) is 50.9. The van der Waals surface area contributed by atoms with E-state index in [1.807, 2.05) is 0 Å². The summed E-state index contributed by atoms with van der Waals surface area (Å²) in [5, 5.41) is 46.3. The summed E-state index contributed by atoms with van der Waals surface area (Å²) in [5.41, 5.74) is 0.691. The number of rotatable bonds is 21. The molecule has 0 aromatic rings. The number of aliphatic hydroxyl groups is 3. The molecule has 5 aliphatic carbocycles. The number of allylic oxidation sites excluding steroid dienone is 2. The Hall–Kier alpha value is -1.52. The van der Waals surface area contributed by atoms with Gasteiger partial charge in [-0.05, 0) is 115 Å². The van der Waals surface area contributed by atoms with Gasteiger partial charge in [0.05, 0.1) is 18.1 Å². The van der Waals surface area contributed by atoms with Gasteiger partial charge < -0.3 is 35.2 Å². The molecule has 0 radical (unpaired) electrons. The van der Waals surface area contributed by atoms with Crippen molar-refractivity contribution in [2.24, 2.45) is 50.2 Å². The van der Waals surface area contributed by atoms with E-state index >= 15 is 0 Å². The molecule has 0 unspecified atom stereocenters. The van der Waals surface area contributed by atoms with E-state index in [0.717, 1.165) is 83.5 Å². The topological polar surface area (TPSA) is 146 Å². The molecule has 63 heavy (non-hydrogen) atoms.